The summed E-state index contributed by atoms with van der Waals surface area (Å²) < 4.78 is 15.6. The van der Waals surface area contributed by atoms with Crippen LogP contribution in [0, 0.1) is 0 Å². The predicted molar refractivity (Wildman–Crippen MR) is 75.4 cm³/mol. The van der Waals surface area contributed by atoms with E-state index in [9.17, 15) is 4.79 Å². The minimum atomic E-state index is -0.394. The summed E-state index contributed by atoms with van der Waals surface area (Å²) in [6, 6.07) is 3.42. The fourth-order valence-electron chi connectivity index (χ4n) is 2.54. The van der Waals surface area contributed by atoms with Gasteiger partial charge >= 0.3 is 5.97 Å². The van der Waals surface area contributed by atoms with Crippen LogP contribution in [0.15, 0.2) is 12.1 Å². The molecule has 1 aromatic rings. The number of carbonyl (C=O) groups is 1. The maximum atomic E-state index is 11.7. The number of nitrogens with zero attached hydrogens (tertiary/aromatic N) is 1. The van der Waals surface area contributed by atoms with Gasteiger partial charge in [0.1, 0.15) is 11.5 Å². The van der Waals surface area contributed by atoms with Gasteiger partial charge in [-0.2, -0.15) is 0 Å². The standard InChI is InChI=1S/C15H21NO4/c1-18-13-8-11(15(17)20-3)9-14(19-2)12(13)10-16-6-4-5-7-16/h8-9H,4-7,10H2,1-3H3. The summed E-state index contributed by atoms with van der Waals surface area (Å²) in [7, 11) is 4.56. The number of carbonyl (C=O) groups excluding carboxylic acids is 1. The summed E-state index contributed by atoms with van der Waals surface area (Å²) in [5.74, 6) is 0.933. The number of esters is 1. The van der Waals surface area contributed by atoms with E-state index in [0.29, 0.717) is 17.1 Å². The van der Waals surface area contributed by atoms with Gasteiger partial charge in [0.05, 0.1) is 32.5 Å². The molecule has 1 aliphatic heterocycles. The van der Waals surface area contributed by atoms with Crippen LogP contribution in [0.5, 0.6) is 11.5 Å². The highest BCUT2D eigenvalue weighted by Gasteiger charge is 2.20. The fraction of sp³-hybridized carbons (Fsp3) is 0.533. The second-order valence-corrected chi connectivity index (χ2v) is 4.83. The first-order valence-electron chi connectivity index (χ1n) is 6.75. The van der Waals surface area contributed by atoms with Crippen molar-refractivity contribution in [2.75, 3.05) is 34.4 Å². The molecule has 20 heavy (non-hydrogen) atoms. The molecule has 5 heteroatoms. The highest BCUT2D eigenvalue weighted by molar-refractivity contribution is 5.90. The van der Waals surface area contributed by atoms with Gasteiger partial charge in [-0.05, 0) is 38.1 Å². The maximum Gasteiger partial charge on any atom is 0.338 e. The van der Waals surface area contributed by atoms with E-state index >= 15 is 0 Å². The number of methoxy groups -OCH3 is 3. The molecule has 0 amide bonds. The van der Waals surface area contributed by atoms with Crippen molar-refractivity contribution in [3.63, 3.8) is 0 Å². The van der Waals surface area contributed by atoms with Crippen molar-refractivity contribution in [3.8, 4) is 11.5 Å². The normalized spacial score (nSPS) is 15.2. The molecule has 1 fully saturated rings. The minimum Gasteiger partial charge on any atom is -0.496 e. The Kier molecular flexibility index (Phi) is 4.84. The second kappa shape index (κ2) is 6.61. The largest absolute Gasteiger partial charge is 0.496 e. The monoisotopic (exact) mass is 279 g/mol. The molecule has 110 valence electrons. The molecule has 0 atom stereocenters. The number of likely N-dealkylation sites (tertiary alicyclic amines) is 1. The molecular formula is C15H21NO4. The van der Waals surface area contributed by atoms with Crippen LogP contribution in [0.4, 0.5) is 0 Å². The van der Waals surface area contributed by atoms with Crippen LogP contribution in [0.2, 0.25) is 0 Å². The molecule has 2 rings (SSSR count). The SMILES string of the molecule is COC(=O)c1cc(OC)c(CN2CCCC2)c(OC)c1. The third-order valence-corrected chi connectivity index (χ3v) is 3.61. The van der Waals surface area contributed by atoms with Gasteiger partial charge in [0.25, 0.3) is 0 Å². The molecule has 0 unspecified atom stereocenters. The highest BCUT2D eigenvalue weighted by Crippen LogP contribution is 2.32. The van der Waals surface area contributed by atoms with E-state index in [-0.39, 0.29) is 0 Å². The van der Waals surface area contributed by atoms with E-state index in [1.165, 1.54) is 20.0 Å². The number of rotatable bonds is 5. The van der Waals surface area contributed by atoms with Gasteiger partial charge in [-0.15, -0.1) is 0 Å². The van der Waals surface area contributed by atoms with Gasteiger partial charge in [0.2, 0.25) is 0 Å². The van der Waals surface area contributed by atoms with E-state index in [1.54, 1.807) is 26.4 Å². The van der Waals surface area contributed by atoms with E-state index in [4.69, 9.17) is 14.2 Å². The first-order valence-corrected chi connectivity index (χ1v) is 6.75. The number of hydrogen-bond acceptors (Lipinski definition) is 5. The summed E-state index contributed by atoms with van der Waals surface area (Å²) in [6.45, 7) is 2.95. The van der Waals surface area contributed by atoms with Crippen LogP contribution in [0.1, 0.15) is 28.8 Å². The van der Waals surface area contributed by atoms with Crippen LogP contribution in [0.25, 0.3) is 0 Å². The van der Waals surface area contributed by atoms with Gasteiger partial charge in [0, 0.05) is 6.54 Å². The lowest BCUT2D eigenvalue weighted by atomic mass is 10.1. The zero-order chi connectivity index (χ0) is 14.5. The zero-order valence-corrected chi connectivity index (χ0v) is 12.3. The Morgan fingerprint density at radius 3 is 2.10 bits per heavy atom. The van der Waals surface area contributed by atoms with Crippen molar-refractivity contribution in [3.05, 3.63) is 23.3 Å². The Bertz CT molecular complexity index is 456. The molecule has 0 aromatic heterocycles. The molecule has 5 nitrogen and oxygen atoms in total. The molecule has 0 N–H and O–H groups in total. The number of benzene rings is 1. The van der Waals surface area contributed by atoms with Crippen molar-refractivity contribution in [1.29, 1.82) is 0 Å². The van der Waals surface area contributed by atoms with Gasteiger partial charge in [-0.1, -0.05) is 0 Å². The topological polar surface area (TPSA) is 48.0 Å². The van der Waals surface area contributed by atoms with Gasteiger partial charge < -0.3 is 14.2 Å². The minimum absolute atomic E-state index is 0.394. The summed E-state index contributed by atoms with van der Waals surface area (Å²) in [6.07, 6.45) is 2.45. The van der Waals surface area contributed by atoms with Crippen LogP contribution in [-0.4, -0.2) is 45.3 Å². The number of hydrogen-bond donors (Lipinski definition) is 0. The van der Waals surface area contributed by atoms with Crippen molar-refractivity contribution in [2.24, 2.45) is 0 Å². The Hall–Kier alpha value is -1.75. The fourth-order valence-corrected chi connectivity index (χ4v) is 2.54. The Balaban J connectivity index is 2.35. The van der Waals surface area contributed by atoms with Crippen molar-refractivity contribution in [2.45, 2.75) is 19.4 Å². The van der Waals surface area contributed by atoms with Crippen molar-refractivity contribution >= 4 is 5.97 Å². The molecule has 0 spiro atoms. The third-order valence-electron chi connectivity index (χ3n) is 3.61. The summed E-state index contributed by atoms with van der Waals surface area (Å²) in [5, 5.41) is 0. The second-order valence-electron chi connectivity index (χ2n) is 4.83. The van der Waals surface area contributed by atoms with Crippen LogP contribution in [0.3, 0.4) is 0 Å². The molecule has 0 radical (unpaired) electrons. The molecule has 0 saturated carbocycles. The molecule has 0 bridgehead atoms. The van der Waals surface area contributed by atoms with Crippen LogP contribution >= 0.6 is 0 Å². The average molecular weight is 279 g/mol. The quantitative estimate of drug-likeness (QED) is 0.772. The predicted octanol–water partition coefficient (Wildman–Crippen LogP) is 2.09. The summed E-state index contributed by atoms with van der Waals surface area (Å²) in [4.78, 5) is 14.0. The van der Waals surface area contributed by atoms with Crippen molar-refractivity contribution < 1.29 is 19.0 Å². The Labute approximate surface area is 119 Å². The Morgan fingerprint density at radius 1 is 1.10 bits per heavy atom. The molecular weight excluding hydrogens is 258 g/mol. The van der Waals surface area contributed by atoms with Gasteiger partial charge in [-0.25, -0.2) is 4.79 Å². The molecule has 1 saturated heterocycles. The smallest absolute Gasteiger partial charge is 0.338 e. The lowest BCUT2D eigenvalue weighted by molar-refractivity contribution is 0.0600. The van der Waals surface area contributed by atoms with E-state index in [1.807, 2.05) is 0 Å². The van der Waals surface area contributed by atoms with Crippen LogP contribution in [-0.2, 0) is 11.3 Å². The summed E-state index contributed by atoms with van der Waals surface area (Å²) >= 11 is 0. The average Bonchev–Trinajstić information content (AvgIpc) is 2.99. The van der Waals surface area contributed by atoms with Crippen molar-refractivity contribution in [1.82, 2.24) is 4.90 Å². The first-order chi connectivity index (χ1) is 9.69. The van der Waals surface area contributed by atoms with Gasteiger partial charge in [0.15, 0.2) is 0 Å². The van der Waals surface area contributed by atoms with E-state index in [2.05, 4.69) is 4.90 Å². The van der Waals surface area contributed by atoms with Crippen LogP contribution < -0.4 is 9.47 Å². The first kappa shape index (κ1) is 14.7. The lowest BCUT2D eigenvalue weighted by Crippen LogP contribution is -2.19. The number of ether oxygens (including phenoxy) is 3. The lowest BCUT2D eigenvalue weighted by Gasteiger charge is -2.20. The molecule has 0 aliphatic carbocycles. The molecule has 1 aliphatic rings. The molecule has 1 aromatic carbocycles. The van der Waals surface area contributed by atoms with E-state index in [0.717, 1.165) is 25.2 Å². The zero-order valence-electron chi connectivity index (χ0n) is 12.3. The van der Waals surface area contributed by atoms with E-state index < -0.39 is 5.97 Å². The highest BCUT2D eigenvalue weighted by atomic mass is 16.5. The maximum absolute atomic E-state index is 11.7. The molecule has 1 heterocycles. The summed E-state index contributed by atoms with van der Waals surface area (Å²) in [5.41, 5.74) is 1.41. The third kappa shape index (κ3) is 3.04. The Morgan fingerprint density at radius 2 is 1.65 bits per heavy atom. The van der Waals surface area contributed by atoms with Gasteiger partial charge in [-0.3, -0.25) is 4.90 Å².